The number of benzene rings is 1. The van der Waals surface area contributed by atoms with Crippen LogP contribution in [0.5, 0.6) is 11.5 Å². The molecule has 4 nitrogen and oxygen atoms in total. The van der Waals surface area contributed by atoms with Crippen LogP contribution in [0.2, 0.25) is 5.02 Å². The minimum Gasteiger partial charge on any atom is -0.503 e. The zero-order chi connectivity index (χ0) is 11.5. The third-order valence-electron chi connectivity index (χ3n) is 2.71. The molecule has 0 aromatic heterocycles. The van der Waals surface area contributed by atoms with E-state index in [4.69, 9.17) is 16.3 Å². The predicted octanol–water partition coefficient (Wildman–Crippen LogP) is 1.71. The Kier molecular flexibility index (Phi) is 5.33. The molecule has 1 aromatic carbocycles. The molecule has 0 spiro atoms. The Bertz CT molecular complexity index is 382. The molecule has 0 radical (unpaired) electrons. The molecule has 17 heavy (non-hydrogen) atoms. The van der Waals surface area contributed by atoms with Gasteiger partial charge in [-0.05, 0) is 17.7 Å². The van der Waals surface area contributed by atoms with E-state index in [2.05, 4.69) is 10.6 Å². The van der Waals surface area contributed by atoms with Crippen LogP contribution >= 0.6 is 24.0 Å². The highest BCUT2D eigenvalue weighted by molar-refractivity contribution is 6.32. The number of aromatic hydroxyl groups is 1. The zero-order valence-corrected chi connectivity index (χ0v) is 11.1. The molecule has 1 fully saturated rings. The van der Waals surface area contributed by atoms with E-state index >= 15 is 0 Å². The van der Waals surface area contributed by atoms with Crippen molar-refractivity contribution in [3.63, 3.8) is 0 Å². The Morgan fingerprint density at radius 1 is 1.41 bits per heavy atom. The van der Waals surface area contributed by atoms with E-state index in [-0.39, 0.29) is 24.2 Å². The number of halogens is 2. The molecule has 6 heteroatoms. The summed E-state index contributed by atoms with van der Waals surface area (Å²) in [7, 11) is 1.52. The number of hydrogen-bond acceptors (Lipinski definition) is 4. The summed E-state index contributed by atoms with van der Waals surface area (Å²) in [6.07, 6.45) is 0. The van der Waals surface area contributed by atoms with Gasteiger partial charge in [0.15, 0.2) is 11.5 Å². The Balaban J connectivity index is 0.00000144. The molecule has 1 saturated heterocycles. The number of methoxy groups -OCH3 is 1. The lowest BCUT2D eigenvalue weighted by Crippen LogP contribution is -2.42. The quantitative estimate of drug-likeness (QED) is 0.771. The largest absolute Gasteiger partial charge is 0.503 e. The number of piperazine rings is 1. The van der Waals surface area contributed by atoms with Crippen molar-refractivity contribution in [2.45, 2.75) is 6.04 Å². The van der Waals surface area contributed by atoms with Crippen molar-refractivity contribution in [3.05, 3.63) is 22.7 Å². The Hall–Kier alpha value is -0.680. The molecule has 0 amide bonds. The molecule has 1 aliphatic heterocycles. The van der Waals surface area contributed by atoms with Gasteiger partial charge in [-0.2, -0.15) is 0 Å². The first kappa shape index (κ1) is 14.4. The van der Waals surface area contributed by atoms with Crippen LogP contribution in [0.15, 0.2) is 12.1 Å². The highest BCUT2D eigenvalue weighted by Crippen LogP contribution is 2.36. The van der Waals surface area contributed by atoms with Gasteiger partial charge in [0.25, 0.3) is 0 Å². The van der Waals surface area contributed by atoms with Crippen LogP contribution in [0.3, 0.4) is 0 Å². The number of nitrogens with one attached hydrogen (secondary N) is 2. The summed E-state index contributed by atoms with van der Waals surface area (Å²) in [4.78, 5) is 0. The maximum atomic E-state index is 9.63. The van der Waals surface area contributed by atoms with Crippen LogP contribution in [-0.4, -0.2) is 31.9 Å². The molecule has 0 aliphatic carbocycles. The molecule has 0 saturated carbocycles. The first-order valence-corrected chi connectivity index (χ1v) is 5.60. The number of hydrogen-bond donors (Lipinski definition) is 3. The van der Waals surface area contributed by atoms with Gasteiger partial charge in [0, 0.05) is 25.7 Å². The third kappa shape index (κ3) is 3.16. The molecular formula is C11H16Cl2N2O2. The SMILES string of the molecule is COc1cc([C@@H]2CNCCN2)cc(Cl)c1O.Cl. The number of phenols is 1. The summed E-state index contributed by atoms with van der Waals surface area (Å²) in [5, 5.41) is 16.6. The highest BCUT2D eigenvalue weighted by atomic mass is 35.5. The maximum Gasteiger partial charge on any atom is 0.176 e. The molecule has 1 aliphatic rings. The molecule has 1 aromatic rings. The van der Waals surface area contributed by atoms with E-state index in [1.54, 1.807) is 6.07 Å². The fourth-order valence-corrected chi connectivity index (χ4v) is 2.06. The van der Waals surface area contributed by atoms with Crippen molar-refractivity contribution >= 4 is 24.0 Å². The second kappa shape index (κ2) is 6.31. The first-order chi connectivity index (χ1) is 7.72. The van der Waals surface area contributed by atoms with Crippen LogP contribution in [-0.2, 0) is 0 Å². The lowest BCUT2D eigenvalue weighted by Gasteiger charge is -2.25. The summed E-state index contributed by atoms with van der Waals surface area (Å²) < 4.78 is 5.07. The first-order valence-electron chi connectivity index (χ1n) is 5.23. The molecule has 1 heterocycles. The van der Waals surface area contributed by atoms with E-state index in [1.807, 2.05) is 6.07 Å². The average molecular weight is 279 g/mol. The summed E-state index contributed by atoms with van der Waals surface area (Å²) in [5.41, 5.74) is 1.02. The van der Waals surface area contributed by atoms with Gasteiger partial charge in [-0.15, -0.1) is 12.4 Å². The minimum absolute atomic E-state index is 0. The maximum absolute atomic E-state index is 9.63. The number of ether oxygens (including phenoxy) is 1. The molecule has 96 valence electrons. The Labute approximate surface area is 112 Å². The van der Waals surface area contributed by atoms with Gasteiger partial charge in [0.2, 0.25) is 0 Å². The summed E-state index contributed by atoms with van der Waals surface area (Å²) in [6.45, 7) is 2.75. The zero-order valence-electron chi connectivity index (χ0n) is 9.50. The summed E-state index contributed by atoms with van der Waals surface area (Å²) >= 11 is 5.94. The van der Waals surface area contributed by atoms with E-state index in [1.165, 1.54) is 7.11 Å². The summed E-state index contributed by atoms with van der Waals surface area (Å²) in [6, 6.07) is 3.79. The van der Waals surface area contributed by atoms with Gasteiger partial charge in [0.1, 0.15) is 0 Å². The van der Waals surface area contributed by atoms with Gasteiger partial charge in [-0.1, -0.05) is 11.6 Å². The fraction of sp³-hybridized carbons (Fsp3) is 0.455. The smallest absolute Gasteiger partial charge is 0.176 e. The highest BCUT2D eigenvalue weighted by Gasteiger charge is 2.17. The average Bonchev–Trinajstić information content (AvgIpc) is 2.33. The predicted molar refractivity (Wildman–Crippen MR) is 70.5 cm³/mol. The van der Waals surface area contributed by atoms with Crippen molar-refractivity contribution in [2.75, 3.05) is 26.7 Å². The number of rotatable bonds is 2. The summed E-state index contributed by atoms with van der Waals surface area (Å²) in [5.74, 6) is 0.409. The van der Waals surface area contributed by atoms with Crippen molar-refractivity contribution < 1.29 is 9.84 Å². The normalized spacial score (nSPS) is 19.5. The van der Waals surface area contributed by atoms with E-state index in [9.17, 15) is 5.11 Å². The van der Waals surface area contributed by atoms with Gasteiger partial charge < -0.3 is 20.5 Å². The Morgan fingerprint density at radius 2 is 2.18 bits per heavy atom. The van der Waals surface area contributed by atoms with Crippen molar-refractivity contribution in [3.8, 4) is 11.5 Å². The molecular weight excluding hydrogens is 263 g/mol. The second-order valence-electron chi connectivity index (χ2n) is 3.76. The topological polar surface area (TPSA) is 53.5 Å². The molecule has 0 bridgehead atoms. The standard InChI is InChI=1S/C11H15ClN2O2.ClH/c1-16-10-5-7(4-8(12)11(10)15)9-6-13-2-3-14-9;/h4-5,9,13-15H,2-3,6H2,1H3;1H/t9-;/m0./s1. The molecule has 0 unspecified atom stereocenters. The molecule has 3 N–H and O–H groups in total. The van der Waals surface area contributed by atoms with Gasteiger partial charge in [-0.25, -0.2) is 0 Å². The monoisotopic (exact) mass is 278 g/mol. The Morgan fingerprint density at radius 3 is 2.76 bits per heavy atom. The van der Waals surface area contributed by atoms with Gasteiger partial charge in [-0.3, -0.25) is 0 Å². The lowest BCUT2D eigenvalue weighted by atomic mass is 10.0. The van der Waals surface area contributed by atoms with E-state index < -0.39 is 0 Å². The van der Waals surface area contributed by atoms with Crippen molar-refractivity contribution in [1.82, 2.24) is 10.6 Å². The van der Waals surface area contributed by atoms with Gasteiger partial charge >= 0.3 is 0 Å². The van der Waals surface area contributed by atoms with Crippen LogP contribution < -0.4 is 15.4 Å². The number of phenolic OH excluding ortho intramolecular Hbond substituents is 1. The minimum atomic E-state index is -0.00307. The van der Waals surface area contributed by atoms with Crippen molar-refractivity contribution in [1.29, 1.82) is 0 Å². The van der Waals surface area contributed by atoms with Crippen LogP contribution in [0, 0.1) is 0 Å². The fourth-order valence-electron chi connectivity index (χ4n) is 1.84. The third-order valence-corrected chi connectivity index (χ3v) is 3.00. The lowest BCUT2D eigenvalue weighted by molar-refractivity contribution is 0.370. The van der Waals surface area contributed by atoms with Crippen LogP contribution in [0.4, 0.5) is 0 Å². The van der Waals surface area contributed by atoms with E-state index in [0.717, 1.165) is 25.2 Å². The molecule has 1 atom stereocenters. The van der Waals surface area contributed by atoms with Crippen LogP contribution in [0.1, 0.15) is 11.6 Å². The van der Waals surface area contributed by atoms with Gasteiger partial charge in [0.05, 0.1) is 12.1 Å². The molecule has 2 rings (SSSR count). The van der Waals surface area contributed by atoms with Crippen molar-refractivity contribution in [2.24, 2.45) is 0 Å². The second-order valence-corrected chi connectivity index (χ2v) is 4.17. The van der Waals surface area contributed by atoms with E-state index in [0.29, 0.717) is 10.8 Å². The van der Waals surface area contributed by atoms with Crippen LogP contribution in [0.25, 0.3) is 0 Å².